The van der Waals surface area contributed by atoms with E-state index in [2.05, 4.69) is 189 Å². The maximum Gasteiger partial charge on any atom is 0.0708 e. The molecule has 0 radical (unpaired) electrons. The molecular weight excluding hydrogens is 845 g/mol. The Morgan fingerprint density at radius 3 is 1.57 bits per heavy atom. The molecule has 0 fully saturated rings. The highest BCUT2D eigenvalue weighted by molar-refractivity contribution is 7.25. The van der Waals surface area contributed by atoms with Crippen LogP contribution in [-0.2, 0) is 0 Å². The Labute approximate surface area is 403 Å². The first kappa shape index (κ1) is 43.9. The molecule has 0 spiro atoms. The molecule has 1 atom stereocenters. The van der Waals surface area contributed by atoms with Gasteiger partial charge >= 0.3 is 0 Å². The molecule has 4 nitrogen and oxygen atoms in total. The summed E-state index contributed by atoms with van der Waals surface area (Å²) in [6.45, 7) is 12.8. The Kier molecular flexibility index (Phi) is 12.6. The molecule has 0 amide bonds. The maximum absolute atomic E-state index is 4.73. The number of benzene rings is 6. The van der Waals surface area contributed by atoms with Gasteiger partial charge in [-0.2, -0.15) is 0 Å². The molecular formula is C63H52N4S. The lowest BCUT2D eigenvalue weighted by molar-refractivity contribution is 0.523. The summed E-state index contributed by atoms with van der Waals surface area (Å²) in [6, 6.07) is 62.9. The van der Waals surface area contributed by atoms with Crippen molar-refractivity contribution in [2.24, 2.45) is 5.92 Å². The monoisotopic (exact) mass is 896 g/mol. The Bertz CT molecular complexity index is 3500. The van der Waals surface area contributed by atoms with Gasteiger partial charge in [0, 0.05) is 78.0 Å². The predicted molar refractivity (Wildman–Crippen MR) is 291 cm³/mol. The van der Waals surface area contributed by atoms with Gasteiger partial charge in [0.25, 0.3) is 0 Å². The van der Waals surface area contributed by atoms with Crippen molar-refractivity contribution in [3.05, 3.63) is 237 Å². The second-order valence-electron chi connectivity index (χ2n) is 17.5. The summed E-state index contributed by atoms with van der Waals surface area (Å²) >= 11 is 1.84. The molecule has 0 N–H and O–H groups in total. The number of rotatable bonds is 10. The fourth-order valence-corrected chi connectivity index (χ4v) is 10.2. The topological polar surface area (TPSA) is 43.6 Å². The van der Waals surface area contributed by atoms with Crippen molar-refractivity contribution in [2.75, 3.05) is 0 Å². The quantitative estimate of drug-likeness (QED) is 0.128. The molecule has 6 aromatic carbocycles. The molecule has 0 saturated carbocycles. The largest absolute Gasteiger partial charge is 0.309 e. The third-order valence-electron chi connectivity index (χ3n) is 13.0. The minimum atomic E-state index is 0.566. The van der Waals surface area contributed by atoms with Crippen LogP contribution in [0.5, 0.6) is 0 Å². The molecule has 5 heterocycles. The smallest absolute Gasteiger partial charge is 0.0708 e. The summed E-state index contributed by atoms with van der Waals surface area (Å²) < 4.78 is 4.97. The third kappa shape index (κ3) is 8.61. The molecule has 0 saturated heterocycles. The highest BCUT2D eigenvalue weighted by Gasteiger charge is 2.19. The number of fused-ring (bicyclic) bond motifs is 6. The first-order valence-corrected chi connectivity index (χ1v) is 24.1. The zero-order chi connectivity index (χ0) is 46.6. The number of hydrogen-bond donors (Lipinski definition) is 0. The van der Waals surface area contributed by atoms with Gasteiger partial charge in [-0.25, -0.2) is 0 Å². The first-order valence-electron chi connectivity index (χ1n) is 23.3. The lowest BCUT2D eigenvalue weighted by Gasteiger charge is -2.13. The zero-order valence-electron chi connectivity index (χ0n) is 38.8. The van der Waals surface area contributed by atoms with Gasteiger partial charge in [0.2, 0.25) is 0 Å². The van der Waals surface area contributed by atoms with E-state index in [0.29, 0.717) is 11.8 Å². The number of thiophene rings is 1. The first-order chi connectivity index (χ1) is 33.4. The molecule has 0 bridgehead atoms. The number of allylic oxidation sites excluding steroid dienone is 5. The summed E-state index contributed by atoms with van der Waals surface area (Å²) in [5, 5.41) is 4.89. The lowest BCUT2D eigenvalue weighted by atomic mass is 9.94. The summed E-state index contributed by atoms with van der Waals surface area (Å²) in [7, 11) is 0. The Morgan fingerprint density at radius 2 is 1.06 bits per heavy atom. The second kappa shape index (κ2) is 19.5. The molecule has 5 heteroatoms. The SMILES string of the molecule is C=C/C(=C\C=C/C)c1ccc2sc3ccc(-n4c5ccc(-c6ccccc6-c6ccccn6)cc5c5cc(-c6ccccc6-c6ccccn6)ccc54)cc3c2c1.CC(C)C(C)c1ccccn1. The Balaban J connectivity index is 0.000000434. The molecule has 0 aliphatic heterocycles. The van der Waals surface area contributed by atoms with Crippen LogP contribution >= 0.6 is 11.3 Å². The van der Waals surface area contributed by atoms with Crippen LogP contribution in [0.25, 0.3) is 98.0 Å². The van der Waals surface area contributed by atoms with Gasteiger partial charge in [-0.15, -0.1) is 11.3 Å². The molecule has 11 aromatic rings. The van der Waals surface area contributed by atoms with E-state index in [1.165, 1.54) is 36.6 Å². The van der Waals surface area contributed by atoms with Crippen LogP contribution in [0.1, 0.15) is 44.9 Å². The van der Waals surface area contributed by atoms with Gasteiger partial charge in [-0.1, -0.05) is 137 Å². The van der Waals surface area contributed by atoms with E-state index in [-0.39, 0.29) is 0 Å². The van der Waals surface area contributed by atoms with E-state index in [4.69, 9.17) is 9.97 Å². The number of nitrogens with zero attached hydrogens (tertiary/aromatic N) is 4. The number of aromatic nitrogens is 4. The van der Waals surface area contributed by atoms with Crippen molar-refractivity contribution in [3.63, 3.8) is 0 Å². The van der Waals surface area contributed by atoms with Crippen molar-refractivity contribution in [1.82, 2.24) is 19.5 Å². The summed E-state index contributed by atoms with van der Waals surface area (Å²) in [5.74, 6) is 1.24. The predicted octanol–water partition coefficient (Wildman–Crippen LogP) is 17.6. The maximum atomic E-state index is 4.73. The van der Waals surface area contributed by atoms with E-state index in [0.717, 1.165) is 72.6 Å². The molecule has 1 unspecified atom stereocenters. The number of hydrogen-bond acceptors (Lipinski definition) is 4. The second-order valence-corrected chi connectivity index (χ2v) is 18.5. The van der Waals surface area contributed by atoms with Crippen molar-refractivity contribution in [1.29, 1.82) is 0 Å². The third-order valence-corrected chi connectivity index (χ3v) is 14.2. The van der Waals surface area contributed by atoms with Gasteiger partial charge in [0.15, 0.2) is 0 Å². The van der Waals surface area contributed by atoms with Gasteiger partial charge in [-0.05, 0) is 137 Å². The van der Waals surface area contributed by atoms with Crippen LogP contribution in [0.15, 0.2) is 225 Å². The molecule has 330 valence electrons. The molecule has 68 heavy (non-hydrogen) atoms. The zero-order valence-corrected chi connectivity index (χ0v) is 39.7. The fraction of sp³-hybridized carbons (Fsp3) is 0.0952. The molecule has 11 rings (SSSR count). The van der Waals surface area contributed by atoms with Crippen molar-refractivity contribution in [3.8, 4) is 50.5 Å². The van der Waals surface area contributed by atoms with E-state index >= 15 is 0 Å². The summed E-state index contributed by atoms with van der Waals surface area (Å²) in [5.41, 5.74) is 15.7. The van der Waals surface area contributed by atoms with Crippen LogP contribution in [0.2, 0.25) is 0 Å². The van der Waals surface area contributed by atoms with Gasteiger partial charge in [-0.3, -0.25) is 15.0 Å². The van der Waals surface area contributed by atoms with Gasteiger partial charge in [0.1, 0.15) is 0 Å². The normalized spacial score (nSPS) is 12.3. The van der Waals surface area contributed by atoms with Crippen LogP contribution in [0, 0.1) is 5.92 Å². The average molecular weight is 897 g/mol. The van der Waals surface area contributed by atoms with Crippen molar-refractivity contribution in [2.45, 2.75) is 33.6 Å². The van der Waals surface area contributed by atoms with Crippen molar-refractivity contribution >= 4 is 58.9 Å². The highest BCUT2D eigenvalue weighted by Crippen LogP contribution is 2.42. The van der Waals surface area contributed by atoms with E-state index in [9.17, 15) is 0 Å². The highest BCUT2D eigenvalue weighted by atomic mass is 32.1. The summed E-state index contributed by atoms with van der Waals surface area (Å²) in [6.07, 6.45) is 13.8. The molecule has 0 aliphatic carbocycles. The standard InChI is InChI=1S/C53H37N3S.C10H15N/c1-3-5-14-35(4-2)36-23-27-52-46(31-36)47-34-39(24-28-53(47)57-52)56-50-25-21-37(40-15-6-8-17-42(40)48-19-10-12-29-54-48)32-44(50)45-33-38(22-26-51(45)56)41-16-7-9-18-43(41)49-20-11-13-30-55-49;1-8(2)9(3)10-6-4-5-7-11-10/h3-34H,2H2,1H3;4-9H,1-3H3/b5-3-,35-14+;. The lowest BCUT2D eigenvalue weighted by Crippen LogP contribution is -2.03. The minimum absolute atomic E-state index is 0.566. The number of pyridine rings is 3. The minimum Gasteiger partial charge on any atom is -0.309 e. The molecule has 0 aliphatic rings. The molecule has 5 aromatic heterocycles. The van der Waals surface area contributed by atoms with Crippen LogP contribution in [0.4, 0.5) is 0 Å². The average Bonchev–Trinajstić information content (AvgIpc) is 3.93. The van der Waals surface area contributed by atoms with Gasteiger partial charge < -0.3 is 4.57 Å². The van der Waals surface area contributed by atoms with E-state index < -0.39 is 0 Å². The van der Waals surface area contributed by atoms with Crippen molar-refractivity contribution < 1.29 is 0 Å². The van der Waals surface area contributed by atoms with Crippen LogP contribution < -0.4 is 0 Å². The van der Waals surface area contributed by atoms with Gasteiger partial charge in [0.05, 0.1) is 22.4 Å². The van der Waals surface area contributed by atoms with Crippen LogP contribution in [-0.4, -0.2) is 19.5 Å². The Hall–Kier alpha value is -7.99. The Morgan fingerprint density at radius 1 is 0.529 bits per heavy atom. The van der Waals surface area contributed by atoms with Crippen LogP contribution in [0.3, 0.4) is 0 Å². The van der Waals surface area contributed by atoms with E-state index in [1.807, 2.05) is 85.4 Å². The fourth-order valence-electron chi connectivity index (χ4n) is 9.15. The summed E-state index contributed by atoms with van der Waals surface area (Å²) in [4.78, 5) is 13.8. The van der Waals surface area contributed by atoms with E-state index in [1.54, 1.807) is 0 Å².